The van der Waals surface area contributed by atoms with Crippen LogP contribution in [0, 0.1) is 6.92 Å². The van der Waals surface area contributed by atoms with Gasteiger partial charge in [0.05, 0.1) is 6.20 Å². The number of nitrogens with one attached hydrogen (secondary N) is 2. The molecule has 0 unspecified atom stereocenters. The molecule has 4 nitrogen and oxygen atoms in total. The van der Waals surface area contributed by atoms with Crippen LogP contribution in [0.3, 0.4) is 0 Å². The third kappa shape index (κ3) is 3.40. The van der Waals surface area contributed by atoms with E-state index in [2.05, 4.69) is 21.8 Å². The van der Waals surface area contributed by atoms with Gasteiger partial charge < -0.3 is 9.73 Å². The van der Waals surface area contributed by atoms with Crippen molar-refractivity contribution in [1.82, 2.24) is 15.5 Å². The van der Waals surface area contributed by atoms with Gasteiger partial charge in [-0.25, -0.2) is 0 Å². The fraction of sp³-hybridized carbons (Fsp3) is 0.462. The number of furan rings is 1. The molecule has 0 saturated carbocycles. The van der Waals surface area contributed by atoms with E-state index in [0.29, 0.717) is 0 Å². The largest absolute Gasteiger partial charge is 0.460 e. The van der Waals surface area contributed by atoms with Crippen molar-refractivity contribution in [2.24, 2.45) is 0 Å². The highest BCUT2D eigenvalue weighted by Crippen LogP contribution is 2.23. The molecule has 0 fully saturated rings. The summed E-state index contributed by atoms with van der Waals surface area (Å²) in [5.74, 6) is 2.97. The Balaban J connectivity index is 1.92. The van der Waals surface area contributed by atoms with Crippen LogP contribution in [0.15, 0.2) is 22.7 Å². The fourth-order valence-corrected chi connectivity index (χ4v) is 2.22. The monoisotopic (exact) mass is 265 g/mol. The van der Waals surface area contributed by atoms with Crippen molar-refractivity contribution in [2.75, 3.05) is 18.6 Å². The molecule has 2 aromatic heterocycles. The molecule has 2 heterocycles. The van der Waals surface area contributed by atoms with Gasteiger partial charge in [-0.3, -0.25) is 5.10 Å². The maximum atomic E-state index is 5.61. The summed E-state index contributed by atoms with van der Waals surface area (Å²) in [5.41, 5.74) is 2.12. The molecule has 0 aliphatic rings. The van der Waals surface area contributed by atoms with Crippen LogP contribution in [0.2, 0.25) is 0 Å². The van der Waals surface area contributed by atoms with Crippen LogP contribution in [0.25, 0.3) is 11.5 Å². The van der Waals surface area contributed by atoms with Gasteiger partial charge in [0.1, 0.15) is 11.5 Å². The van der Waals surface area contributed by atoms with Crippen LogP contribution in [0.1, 0.15) is 17.7 Å². The summed E-state index contributed by atoms with van der Waals surface area (Å²) < 4.78 is 5.61. The molecule has 0 atom stereocenters. The van der Waals surface area contributed by atoms with Crippen molar-refractivity contribution in [3.63, 3.8) is 0 Å². The molecular formula is C13H19N3OS. The maximum absolute atomic E-state index is 5.61. The Morgan fingerprint density at radius 2 is 2.33 bits per heavy atom. The van der Waals surface area contributed by atoms with Crippen molar-refractivity contribution < 1.29 is 4.42 Å². The molecule has 2 rings (SSSR count). The van der Waals surface area contributed by atoms with Crippen LogP contribution in [-0.2, 0) is 6.54 Å². The molecule has 0 bridgehead atoms. The Labute approximate surface area is 112 Å². The van der Waals surface area contributed by atoms with Crippen LogP contribution in [0.4, 0.5) is 0 Å². The molecular weight excluding hydrogens is 246 g/mol. The number of aryl methyl sites for hydroxylation is 1. The van der Waals surface area contributed by atoms with Gasteiger partial charge in [0.2, 0.25) is 0 Å². The molecule has 0 aromatic carbocycles. The first-order valence-electron chi connectivity index (χ1n) is 6.10. The number of rotatable bonds is 7. The zero-order valence-electron chi connectivity index (χ0n) is 10.8. The molecule has 0 saturated heterocycles. The number of aromatic amines is 1. The Kier molecular flexibility index (Phi) is 4.90. The van der Waals surface area contributed by atoms with Gasteiger partial charge in [-0.1, -0.05) is 0 Å². The number of thioether (sulfide) groups is 1. The van der Waals surface area contributed by atoms with Crippen LogP contribution in [0.5, 0.6) is 0 Å². The average molecular weight is 265 g/mol. The van der Waals surface area contributed by atoms with Crippen molar-refractivity contribution in [1.29, 1.82) is 0 Å². The minimum absolute atomic E-state index is 0.819. The Hall–Kier alpha value is -1.20. The summed E-state index contributed by atoms with van der Waals surface area (Å²) in [5, 5.41) is 10.5. The normalized spacial score (nSPS) is 11.0. The lowest BCUT2D eigenvalue weighted by atomic mass is 10.2. The number of nitrogens with zero attached hydrogens (tertiary/aromatic N) is 1. The SMILES string of the molecule is CSCCCNCc1cn[nH]c1-c1ccc(C)o1. The van der Waals surface area contributed by atoms with Gasteiger partial charge >= 0.3 is 0 Å². The number of hydrogen-bond acceptors (Lipinski definition) is 4. The van der Waals surface area contributed by atoms with Crippen LogP contribution in [-0.4, -0.2) is 28.8 Å². The van der Waals surface area contributed by atoms with Crippen molar-refractivity contribution >= 4 is 11.8 Å². The average Bonchev–Trinajstić information content (AvgIpc) is 2.97. The first kappa shape index (κ1) is 13.2. The molecule has 0 amide bonds. The second kappa shape index (κ2) is 6.66. The van der Waals surface area contributed by atoms with E-state index in [-0.39, 0.29) is 0 Å². The lowest BCUT2D eigenvalue weighted by Crippen LogP contribution is -2.15. The third-order valence-electron chi connectivity index (χ3n) is 2.72. The quantitative estimate of drug-likeness (QED) is 0.756. The van der Waals surface area contributed by atoms with Gasteiger partial charge in [0, 0.05) is 12.1 Å². The first-order chi connectivity index (χ1) is 8.81. The maximum Gasteiger partial charge on any atom is 0.152 e. The number of H-pyrrole nitrogens is 1. The number of aromatic nitrogens is 2. The predicted molar refractivity (Wildman–Crippen MR) is 75.7 cm³/mol. The highest BCUT2D eigenvalue weighted by atomic mass is 32.2. The molecule has 18 heavy (non-hydrogen) atoms. The third-order valence-corrected chi connectivity index (χ3v) is 3.42. The first-order valence-corrected chi connectivity index (χ1v) is 7.49. The molecule has 2 N–H and O–H groups in total. The Morgan fingerprint density at radius 1 is 1.44 bits per heavy atom. The second-order valence-electron chi connectivity index (χ2n) is 4.20. The molecule has 2 aromatic rings. The molecule has 5 heteroatoms. The molecule has 0 aliphatic heterocycles. The highest BCUT2D eigenvalue weighted by molar-refractivity contribution is 7.98. The lowest BCUT2D eigenvalue weighted by Gasteiger charge is -2.03. The van der Waals surface area contributed by atoms with E-state index in [1.807, 2.05) is 37.0 Å². The van der Waals surface area contributed by atoms with Gasteiger partial charge in [-0.05, 0) is 44.0 Å². The minimum atomic E-state index is 0.819. The van der Waals surface area contributed by atoms with Crippen LogP contribution >= 0.6 is 11.8 Å². The molecule has 0 spiro atoms. The highest BCUT2D eigenvalue weighted by Gasteiger charge is 2.10. The zero-order chi connectivity index (χ0) is 12.8. The van der Waals surface area contributed by atoms with E-state index in [1.165, 1.54) is 12.2 Å². The predicted octanol–water partition coefficient (Wildman–Crippen LogP) is 2.82. The van der Waals surface area contributed by atoms with E-state index >= 15 is 0 Å². The summed E-state index contributed by atoms with van der Waals surface area (Å²) in [6.07, 6.45) is 5.18. The molecule has 98 valence electrons. The van der Waals surface area contributed by atoms with Crippen molar-refractivity contribution in [2.45, 2.75) is 19.9 Å². The molecule has 0 aliphatic carbocycles. The second-order valence-corrected chi connectivity index (χ2v) is 5.19. The van der Waals surface area contributed by atoms with Gasteiger partial charge in [0.15, 0.2) is 5.76 Å². The number of hydrogen-bond donors (Lipinski definition) is 2. The van der Waals surface area contributed by atoms with E-state index in [9.17, 15) is 0 Å². The Morgan fingerprint density at radius 3 is 3.06 bits per heavy atom. The summed E-state index contributed by atoms with van der Waals surface area (Å²) in [6.45, 7) is 3.79. The van der Waals surface area contributed by atoms with E-state index in [4.69, 9.17) is 4.42 Å². The standard InChI is InChI=1S/C13H19N3OS/c1-10-4-5-12(17-10)13-11(9-15-16-13)8-14-6-3-7-18-2/h4-5,9,14H,3,6-8H2,1-2H3,(H,15,16). The van der Waals surface area contributed by atoms with Gasteiger partial charge in [-0.15, -0.1) is 0 Å². The van der Waals surface area contributed by atoms with Crippen molar-refractivity contribution in [3.05, 3.63) is 29.7 Å². The fourth-order valence-electron chi connectivity index (χ4n) is 1.79. The van der Waals surface area contributed by atoms with Crippen molar-refractivity contribution in [3.8, 4) is 11.5 Å². The summed E-state index contributed by atoms with van der Waals surface area (Å²) in [7, 11) is 0. The summed E-state index contributed by atoms with van der Waals surface area (Å²) in [4.78, 5) is 0. The minimum Gasteiger partial charge on any atom is -0.460 e. The lowest BCUT2D eigenvalue weighted by molar-refractivity contribution is 0.545. The van der Waals surface area contributed by atoms with Crippen LogP contribution < -0.4 is 5.32 Å². The zero-order valence-corrected chi connectivity index (χ0v) is 11.6. The summed E-state index contributed by atoms with van der Waals surface area (Å²) in [6, 6.07) is 3.94. The summed E-state index contributed by atoms with van der Waals surface area (Å²) >= 11 is 1.88. The van der Waals surface area contributed by atoms with E-state index < -0.39 is 0 Å². The van der Waals surface area contributed by atoms with E-state index in [1.54, 1.807) is 0 Å². The topological polar surface area (TPSA) is 53.9 Å². The van der Waals surface area contributed by atoms with E-state index in [0.717, 1.165) is 35.9 Å². The molecule has 0 radical (unpaired) electrons. The Bertz CT molecular complexity index is 478. The smallest absolute Gasteiger partial charge is 0.152 e. The van der Waals surface area contributed by atoms with Gasteiger partial charge in [-0.2, -0.15) is 16.9 Å². The van der Waals surface area contributed by atoms with Gasteiger partial charge in [0.25, 0.3) is 0 Å².